The number of rotatable bonds is 5. The molecule has 94 valence electrons. The van der Waals surface area contributed by atoms with Crippen LogP contribution in [-0.4, -0.2) is 6.79 Å². The minimum Gasteiger partial charge on any atom is -0.467 e. The Labute approximate surface area is 116 Å². The van der Waals surface area contributed by atoms with Crippen LogP contribution in [0.4, 0.5) is 0 Å². The average molecular weight is 307 g/mol. The predicted molar refractivity (Wildman–Crippen MR) is 75.6 cm³/mol. The van der Waals surface area contributed by atoms with Crippen molar-refractivity contribution in [1.82, 2.24) is 0 Å². The van der Waals surface area contributed by atoms with Gasteiger partial charge in [-0.25, -0.2) is 0 Å². The molecule has 0 aliphatic rings. The van der Waals surface area contributed by atoms with Crippen LogP contribution in [-0.2, 0) is 11.3 Å². The van der Waals surface area contributed by atoms with Crippen LogP contribution in [0.25, 0.3) is 0 Å². The summed E-state index contributed by atoms with van der Waals surface area (Å²) in [6, 6.07) is 16.0. The Kier molecular flexibility index (Phi) is 4.79. The van der Waals surface area contributed by atoms with E-state index in [1.165, 1.54) is 0 Å². The normalized spacial score (nSPS) is 10.3. The molecule has 0 aliphatic heterocycles. The van der Waals surface area contributed by atoms with Crippen LogP contribution in [0.2, 0.25) is 0 Å². The molecular weight excluding hydrogens is 292 g/mol. The molecule has 0 amide bonds. The topological polar surface area (TPSA) is 18.5 Å². The molecule has 18 heavy (non-hydrogen) atoms. The lowest BCUT2D eigenvalue weighted by Crippen LogP contribution is -2.03. The van der Waals surface area contributed by atoms with E-state index in [9.17, 15) is 0 Å². The molecule has 0 N–H and O–H groups in total. The first-order valence-electron chi connectivity index (χ1n) is 5.76. The van der Waals surface area contributed by atoms with E-state index in [2.05, 4.69) is 15.9 Å². The van der Waals surface area contributed by atoms with E-state index in [0.717, 1.165) is 21.3 Å². The number of ether oxygens (including phenoxy) is 2. The molecule has 0 aliphatic carbocycles. The lowest BCUT2D eigenvalue weighted by Gasteiger charge is -2.09. The fourth-order valence-corrected chi connectivity index (χ4v) is 2.09. The van der Waals surface area contributed by atoms with Crippen molar-refractivity contribution >= 4 is 15.9 Å². The van der Waals surface area contributed by atoms with Crippen LogP contribution in [0.1, 0.15) is 11.1 Å². The first kappa shape index (κ1) is 13.1. The quantitative estimate of drug-likeness (QED) is 0.605. The Hall–Kier alpha value is -1.32. The van der Waals surface area contributed by atoms with Crippen molar-refractivity contribution in [2.24, 2.45) is 0 Å². The number of benzene rings is 2. The number of halogens is 1. The molecule has 0 heterocycles. The first-order valence-corrected chi connectivity index (χ1v) is 6.55. The molecule has 0 saturated heterocycles. The van der Waals surface area contributed by atoms with Gasteiger partial charge in [-0.1, -0.05) is 46.3 Å². The summed E-state index contributed by atoms with van der Waals surface area (Å²) < 4.78 is 12.1. The molecular formula is C15H15BrO2. The van der Waals surface area contributed by atoms with Gasteiger partial charge >= 0.3 is 0 Å². The molecule has 0 saturated carbocycles. The average Bonchev–Trinajstić information content (AvgIpc) is 2.38. The summed E-state index contributed by atoms with van der Waals surface area (Å²) in [4.78, 5) is 0. The van der Waals surface area contributed by atoms with Gasteiger partial charge in [0.15, 0.2) is 6.79 Å². The Morgan fingerprint density at radius 1 is 1.06 bits per heavy atom. The van der Waals surface area contributed by atoms with Gasteiger partial charge in [-0.3, -0.25) is 0 Å². The van der Waals surface area contributed by atoms with E-state index in [4.69, 9.17) is 9.47 Å². The van der Waals surface area contributed by atoms with Gasteiger partial charge in [0.05, 0.1) is 6.61 Å². The Morgan fingerprint density at radius 2 is 1.83 bits per heavy atom. The third kappa shape index (κ3) is 3.86. The summed E-state index contributed by atoms with van der Waals surface area (Å²) in [5.41, 5.74) is 2.24. The summed E-state index contributed by atoms with van der Waals surface area (Å²) in [6.07, 6.45) is 0. The molecule has 3 heteroatoms. The molecule has 0 spiro atoms. The minimum atomic E-state index is 0.261. The third-order valence-corrected chi connectivity index (χ3v) is 3.04. The van der Waals surface area contributed by atoms with Crippen LogP contribution in [0.15, 0.2) is 53.0 Å². The zero-order valence-electron chi connectivity index (χ0n) is 10.2. The van der Waals surface area contributed by atoms with Gasteiger partial charge in [0, 0.05) is 4.47 Å². The fourth-order valence-electron chi connectivity index (χ4n) is 1.61. The van der Waals surface area contributed by atoms with Crippen LogP contribution in [0.5, 0.6) is 5.75 Å². The summed E-state index contributed by atoms with van der Waals surface area (Å²) in [5, 5.41) is 0. The Balaban J connectivity index is 1.79. The van der Waals surface area contributed by atoms with Crippen LogP contribution < -0.4 is 4.74 Å². The smallest absolute Gasteiger partial charge is 0.189 e. The zero-order chi connectivity index (χ0) is 12.8. The third-order valence-electron chi connectivity index (χ3n) is 2.55. The molecule has 0 bridgehead atoms. The summed E-state index contributed by atoms with van der Waals surface area (Å²) in [7, 11) is 0. The highest BCUT2D eigenvalue weighted by Crippen LogP contribution is 2.22. The van der Waals surface area contributed by atoms with Gasteiger partial charge in [0.25, 0.3) is 0 Å². The van der Waals surface area contributed by atoms with E-state index in [1.807, 2.05) is 55.5 Å². The van der Waals surface area contributed by atoms with Gasteiger partial charge in [0.1, 0.15) is 5.75 Å². The minimum absolute atomic E-state index is 0.261. The standard InChI is InChI=1S/C15H15BrO2/c1-12-9-14(16)7-8-15(12)18-11-17-10-13-5-3-2-4-6-13/h2-9H,10-11H2,1H3. The highest BCUT2D eigenvalue weighted by molar-refractivity contribution is 9.10. The predicted octanol–water partition coefficient (Wildman–Crippen LogP) is 4.31. The van der Waals surface area contributed by atoms with E-state index in [1.54, 1.807) is 0 Å². The fraction of sp³-hybridized carbons (Fsp3) is 0.200. The van der Waals surface area contributed by atoms with Crippen molar-refractivity contribution in [1.29, 1.82) is 0 Å². The second kappa shape index (κ2) is 6.57. The van der Waals surface area contributed by atoms with Gasteiger partial charge in [-0.15, -0.1) is 0 Å². The van der Waals surface area contributed by atoms with E-state index < -0.39 is 0 Å². The van der Waals surface area contributed by atoms with Gasteiger partial charge in [-0.05, 0) is 36.2 Å². The second-order valence-corrected chi connectivity index (χ2v) is 4.92. The van der Waals surface area contributed by atoms with Crippen molar-refractivity contribution < 1.29 is 9.47 Å². The molecule has 2 aromatic carbocycles. The summed E-state index contributed by atoms with van der Waals surface area (Å²) in [5.74, 6) is 0.853. The maximum atomic E-state index is 5.57. The summed E-state index contributed by atoms with van der Waals surface area (Å²) >= 11 is 3.42. The van der Waals surface area contributed by atoms with Gasteiger partial charge < -0.3 is 9.47 Å². The lowest BCUT2D eigenvalue weighted by molar-refractivity contribution is 0.00467. The van der Waals surface area contributed by atoms with Crippen LogP contribution in [0.3, 0.4) is 0 Å². The number of hydrogen-bond acceptors (Lipinski definition) is 2. The maximum absolute atomic E-state index is 5.57. The maximum Gasteiger partial charge on any atom is 0.189 e. The van der Waals surface area contributed by atoms with Crippen molar-refractivity contribution in [3.05, 3.63) is 64.1 Å². The van der Waals surface area contributed by atoms with Crippen LogP contribution >= 0.6 is 15.9 Å². The molecule has 2 aromatic rings. The molecule has 0 aromatic heterocycles. The number of aryl methyl sites for hydroxylation is 1. The number of hydrogen-bond donors (Lipinski definition) is 0. The van der Waals surface area contributed by atoms with Crippen LogP contribution in [0, 0.1) is 6.92 Å². The molecule has 0 atom stereocenters. The largest absolute Gasteiger partial charge is 0.467 e. The van der Waals surface area contributed by atoms with Gasteiger partial charge in [-0.2, -0.15) is 0 Å². The zero-order valence-corrected chi connectivity index (χ0v) is 11.8. The first-order chi connectivity index (χ1) is 8.75. The SMILES string of the molecule is Cc1cc(Br)ccc1OCOCc1ccccc1. The Bertz CT molecular complexity index is 497. The van der Waals surface area contributed by atoms with E-state index in [-0.39, 0.29) is 6.79 Å². The van der Waals surface area contributed by atoms with Crippen molar-refractivity contribution in [3.8, 4) is 5.75 Å². The van der Waals surface area contributed by atoms with Crippen molar-refractivity contribution in [3.63, 3.8) is 0 Å². The monoisotopic (exact) mass is 306 g/mol. The van der Waals surface area contributed by atoms with E-state index >= 15 is 0 Å². The highest BCUT2D eigenvalue weighted by atomic mass is 79.9. The van der Waals surface area contributed by atoms with E-state index in [0.29, 0.717) is 6.61 Å². The summed E-state index contributed by atoms with van der Waals surface area (Å²) in [6.45, 7) is 2.84. The van der Waals surface area contributed by atoms with Gasteiger partial charge in [0.2, 0.25) is 0 Å². The Morgan fingerprint density at radius 3 is 2.56 bits per heavy atom. The molecule has 2 nitrogen and oxygen atoms in total. The molecule has 0 radical (unpaired) electrons. The molecule has 0 fully saturated rings. The van der Waals surface area contributed by atoms with Crippen molar-refractivity contribution in [2.75, 3.05) is 6.79 Å². The molecule has 2 rings (SSSR count). The molecule has 0 unspecified atom stereocenters. The second-order valence-electron chi connectivity index (χ2n) is 4.01. The highest BCUT2D eigenvalue weighted by Gasteiger charge is 2.00. The lowest BCUT2D eigenvalue weighted by atomic mass is 10.2. The van der Waals surface area contributed by atoms with Crippen molar-refractivity contribution in [2.45, 2.75) is 13.5 Å².